The number of hydrogen-bond donors (Lipinski definition) is 0. The van der Waals surface area contributed by atoms with Gasteiger partial charge in [0, 0.05) is 5.69 Å². The maximum atomic E-state index is 4.04. The molecule has 0 amide bonds. The first kappa shape index (κ1) is 7.99. The van der Waals surface area contributed by atoms with Crippen LogP contribution in [-0.4, -0.2) is 4.98 Å². The Morgan fingerprint density at radius 2 is 1.85 bits per heavy atom. The molecule has 0 saturated carbocycles. The Kier molecular flexibility index (Phi) is 2.09. The summed E-state index contributed by atoms with van der Waals surface area (Å²) < 4.78 is 0. The number of aryl methyl sites for hydroxylation is 1. The van der Waals surface area contributed by atoms with Crippen molar-refractivity contribution in [1.29, 1.82) is 0 Å². The van der Waals surface area contributed by atoms with Crippen LogP contribution < -0.4 is 0 Å². The second kappa shape index (κ2) is 3.40. The van der Waals surface area contributed by atoms with Gasteiger partial charge < -0.3 is 0 Å². The van der Waals surface area contributed by atoms with E-state index in [0.29, 0.717) is 0 Å². The van der Waals surface area contributed by atoms with E-state index in [-0.39, 0.29) is 0 Å². The highest BCUT2D eigenvalue weighted by Crippen LogP contribution is 2.17. The molecule has 1 nitrogen and oxygen atoms in total. The third-order valence-electron chi connectivity index (χ3n) is 1.93. The molecule has 0 bridgehead atoms. The van der Waals surface area contributed by atoms with Crippen LogP contribution in [0.15, 0.2) is 42.5 Å². The van der Waals surface area contributed by atoms with E-state index < -0.39 is 0 Å². The molecule has 1 aromatic heterocycles. The number of benzene rings is 1. The van der Waals surface area contributed by atoms with Crippen LogP contribution in [0.1, 0.15) is 5.69 Å². The van der Waals surface area contributed by atoms with Crippen molar-refractivity contribution < 1.29 is 0 Å². The molecule has 0 aliphatic rings. The van der Waals surface area contributed by atoms with Gasteiger partial charge in [-0.2, -0.15) is 0 Å². The second-order valence-electron chi connectivity index (χ2n) is 2.99. The van der Waals surface area contributed by atoms with Gasteiger partial charge in [-0.25, -0.2) is 0 Å². The number of aromatic nitrogens is 1. The minimum atomic E-state index is 1.00. The fourth-order valence-corrected chi connectivity index (χ4v) is 1.30. The molecule has 0 aliphatic heterocycles. The topological polar surface area (TPSA) is 12.9 Å². The summed E-state index contributed by atoms with van der Waals surface area (Å²) in [6.45, 7) is 1.98. The minimum Gasteiger partial charge on any atom is -0.251 e. The third-order valence-corrected chi connectivity index (χ3v) is 1.93. The van der Waals surface area contributed by atoms with Crippen molar-refractivity contribution in [3.8, 4) is 11.1 Å². The van der Waals surface area contributed by atoms with Gasteiger partial charge in [-0.15, -0.1) is 0 Å². The van der Waals surface area contributed by atoms with Gasteiger partial charge in [-0.3, -0.25) is 4.98 Å². The van der Waals surface area contributed by atoms with Crippen molar-refractivity contribution in [1.82, 2.24) is 4.98 Å². The summed E-state index contributed by atoms with van der Waals surface area (Å²) >= 11 is 0. The summed E-state index contributed by atoms with van der Waals surface area (Å²) in [5.74, 6) is 0. The zero-order valence-corrected chi connectivity index (χ0v) is 7.49. The van der Waals surface area contributed by atoms with Gasteiger partial charge in [0.1, 0.15) is 0 Å². The zero-order chi connectivity index (χ0) is 9.10. The van der Waals surface area contributed by atoms with E-state index in [9.17, 15) is 0 Å². The van der Waals surface area contributed by atoms with Crippen LogP contribution in [0.5, 0.6) is 0 Å². The molecule has 13 heavy (non-hydrogen) atoms. The second-order valence-corrected chi connectivity index (χ2v) is 2.99. The summed E-state index contributed by atoms with van der Waals surface area (Å²) in [6, 6.07) is 14.2. The summed E-state index contributed by atoms with van der Waals surface area (Å²) in [5, 5.41) is 0. The number of pyridine rings is 1. The van der Waals surface area contributed by atoms with Gasteiger partial charge in [0.25, 0.3) is 0 Å². The van der Waals surface area contributed by atoms with Gasteiger partial charge in [0.05, 0.1) is 6.20 Å². The van der Waals surface area contributed by atoms with E-state index in [1.165, 1.54) is 11.1 Å². The van der Waals surface area contributed by atoms with Crippen LogP contribution in [-0.2, 0) is 0 Å². The summed E-state index contributed by atoms with van der Waals surface area (Å²) in [5.41, 5.74) is 3.39. The summed E-state index contributed by atoms with van der Waals surface area (Å²) in [4.78, 5) is 4.04. The number of rotatable bonds is 1. The Morgan fingerprint density at radius 3 is 2.54 bits per heavy atom. The lowest BCUT2D eigenvalue weighted by Gasteiger charge is -2.00. The molecule has 0 atom stereocenters. The Labute approximate surface area is 78.1 Å². The summed E-state index contributed by atoms with van der Waals surface area (Å²) in [6.07, 6.45) is 2.88. The lowest BCUT2D eigenvalue weighted by atomic mass is 10.1. The molecule has 0 fully saturated rings. The van der Waals surface area contributed by atoms with Crippen LogP contribution in [0.2, 0.25) is 0 Å². The Morgan fingerprint density at radius 1 is 1.08 bits per heavy atom. The number of nitrogens with zero attached hydrogens (tertiary/aromatic N) is 1. The van der Waals surface area contributed by atoms with Crippen LogP contribution in [0.4, 0.5) is 0 Å². The Hall–Kier alpha value is -1.63. The standard InChI is InChI=1S/C12H10N/c1-10-9-12(7-8-13-10)11-5-3-2-4-6-11/h2-7,9H,1H3. The first-order valence-electron chi connectivity index (χ1n) is 4.26. The fraction of sp³-hybridized carbons (Fsp3) is 0.0833. The Balaban J connectivity index is 2.48. The van der Waals surface area contributed by atoms with Gasteiger partial charge in [0.15, 0.2) is 0 Å². The number of hydrogen-bond acceptors (Lipinski definition) is 1. The first-order valence-corrected chi connectivity index (χ1v) is 4.26. The van der Waals surface area contributed by atoms with Crippen molar-refractivity contribution in [3.05, 3.63) is 54.4 Å². The molecule has 0 unspecified atom stereocenters. The molecule has 2 rings (SSSR count). The predicted molar refractivity (Wildman–Crippen MR) is 53.2 cm³/mol. The monoisotopic (exact) mass is 168 g/mol. The van der Waals surface area contributed by atoms with E-state index >= 15 is 0 Å². The molecular formula is C12H10N. The summed E-state index contributed by atoms with van der Waals surface area (Å²) in [7, 11) is 0. The molecule has 1 radical (unpaired) electrons. The molecule has 1 aromatic carbocycles. The average molecular weight is 168 g/mol. The van der Waals surface area contributed by atoms with Crippen molar-refractivity contribution in [2.24, 2.45) is 0 Å². The average Bonchev–Trinajstić information content (AvgIpc) is 2.19. The maximum Gasteiger partial charge on any atom is 0.0895 e. The molecule has 1 heteroatoms. The molecular weight excluding hydrogens is 158 g/mol. The van der Waals surface area contributed by atoms with Crippen molar-refractivity contribution in [2.45, 2.75) is 6.92 Å². The molecule has 2 aromatic rings. The lowest BCUT2D eigenvalue weighted by molar-refractivity contribution is 1.19. The molecule has 0 saturated heterocycles. The largest absolute Gasteiger partial charge is 0.251 e. The highest BCUT2D eigenvalue weighted by Gasteiger charge is 1.95. The van der Waals surface area contributed by atoms with Gasteiger partial charge in [0.2, 0.25) is 0 Å². The van der Waals surface area contributed by atoms with E-state index in [2.05, 4.69) is 29.4 Å². The minimum absolute atomic E-state index is 1.00. The maximum absolute atomic E-state index is 4.04. The normalized spacial score (nSPS) is 9.92. The molecule has 63 valence electrons. The molecule has 1 heterocycles. The van der Waals surface area contributed by atoms with E-state index in [0.717, 1.165) is 5.69 Å². The Bertz CT molecular complexity index is 393. The van der Waals surface area contributed by atoms with Crippen LogP contribution >= 0.6 is 0 Å². The van der Waals surface area contributed by atoms with E-state index in [1.807, 2.05) is 31.2 Å². The highest BCUT2D eigenvalue weighted by molar-refractivity contribution is 5.62. The van der Waals surface area contributed by atoms with Gasteiger partial charge in [-0.05, 0) is 30.2 Å². The third kappa shape index (κ3) is 1.75. The van der Waals surface area contributed by atoms with Crippen LogP contribution in [0.3, 0.4) is 0 Å². The van der Waals surface area contributed by atoms with Gasteiger partial charge >= 0.3 is 0 Å². The van der Waals surface area contributed by atoms with Gasteiger partial charge in [-0.1, -0.05) is 30.3 Å². The lowest BCUT2D eigenvalue weighted by Crippen LogP contribution is -1.82. The van der Waals surface area contributed by atoms with E-state index in [1.54, 1.807) is 0 Å². The fourth-order valence-electron chi connectivity index (χ4n) is 1.30. The van der Waals surface area contributed by atoms with Crippen molar-refractivity contribution >= 4 is 0 Å². The molecule has 0 spiro atoms. The van der Waals surface area contributed by atoms with Crippen LogP contribution in [0, 0.1) is 13.1 Å². The highest BCUT2D eigenvalue weighted by atomic mass is 14.6. The smallest absolute Gasteiger partial charge is 0.0895 e. The zero-order valence-electron chi connectivity index (χ0n) is 7.49. The van der Waals surface area contributed by atoms with Crippen LogP contribution in [0.25, 0.3) is 11.1 Å². The van der Waals surface area contributed by atoms with Crippen molar-refractivity contribution in [3.63, 3.8) is 0 Å². The van der Waals surface area contributed by atoms with Crippen molar-refractivity contribution in [2.75, 3.05) is 0 Å². The SMILES string of the molecule is Cc1cc(-c2ccccc2)c[c]n1. The quantitative estimate of drug-likeness (QED) is 0.638. The van der Waals surface area contributed by atoms with E-state index in [4.69, 9.17) is 0 Å². The first-order chi connectivity index (χ1) is 6.36. The molecule has 0 N–H and O–H groups in total. The molecule has 0 aliphatic carbocycles. The predicted octanol–water partition coefficient (Wildman–Crippen LogP) is 2.86.